The third-order valence-corrected chi connectivity index (χ3v) is 17.7. The Morgan fingerprint density at radius 3 is 2.38 bits per heavy atom. The van der Waals surface area contributed by atoms with Gasteiger partial charge in [0.2, 0.25) is 0 Å². The molecule has 7 rings (SSSR count). The van der Waals surface area contributed by atoms with Crippen LogP contribution in [-0.2, 0) is 14.3 Å². The molecule has 10 nitrogen and oxygen atoms in total. The largest absolute Gasteiger partial charge is 0.481 e. The van der Waals surface area contributed by atoms with E-state index in [2.05, 4.69) is 95.6 Å². The molecule has 0 spiro atoms. The quantitative estimate of drug-likeness (QED) is 0.247. The number of nitrogen functional groups attached to an aromatic ring is 1. The van der Waals surface area contributed by atoms with Crippen LogP contribution in [0.25, 0.3) is 0 Å². The number of carboxylic acids is 1. The normalized spacial score (nSPS) is 43.9. The highest BCUT2D eigenvalue weighted by atomic mass is 16.5. The highest BCUT2D eigenvalue weighted by Gasteiger charge is 2.72. The number of likely N-dealkylation sites (tertiary alicyclic amines) is 1. The van der Waals surface area contributed by atoms with Crippen molar-refractivity contribution in [2.75, 3.05) is 38.6 Å². The zero-order valence-corrected chi connectivity index (χ0v) is 34.1. The van der Waals surface area contributed by atoms with E-state index >= 15 is 0 Å². The maximum atomic E-state index is 13.5. The number of rotatable bonds is 9. The number of anilines is 1. The van der Waals surface area contributed by atoms with E-state index in [0.29, 0.717) is 49.4 Å². The topological polar surface area (TPSA) is 129 Å². The fourth-order valence-electron chi connectivity index (χ4n) is 13.8. The van der Waals surface area contributed by atoms with Crippen LogP contribution in [0.1, 0.15) is 133 Å². The van der Waals surface area contributed by atoms with E-state index in [1.807, 2.05) is 0 Å². The minimum atomic E-state index is -0.619. The molecule has 6 aliphatic rings. The summed E-state index contributed by atoms with van der Waals surface area (Å²) in [6.07, 6.45) is 11.8. The minimum Gasteiger partial charge on any atom is -0.481 e. The molecule has 0 aromatic carbocycles. The summed E-state index contributed by atoms with van der Waals surface area (Å²) in [5.74, 6) is 0.989. The lowest BCUT2D eigenvalue weighted by Gasteiger charge is -2.71. The molecule has 10 heteroatoms. The molecule has 12 atom stereocenters. The van der Waals surface area contributed by atoms with Crippen LogP contribution in [0.5, 0.6) is 0 Å². The van der Waals surface area contributed by atoms with Gasteiger partial charge in [0.25, 0.3) is 5.95 Å². The molecular weight excluding hydrogens is 653 g/mol. The van der Waals surface area contributed by atoms with Crippen molar-refractivity contribution in [3.05, 3.63) is 11.6 Å². The smallest absolute Gasteiger partial charge is 0.307 e. The molecular formula is C42H70N6O4. The molecule has 1 aromatic heterocycles. The molecule has 4 aliphatic carbocycles. The molecule has 292 valence electrons. The van der Waals surface area contributed by atoms with Gasteiger partial charge in [-0.3, -0.25) is 9.69 Å². The van der Waals surface area contributed by atoms with Gasteiger partial charge in [0.05, 0.1) is 31.8 Å². The maximum absolute atomic E-state index is 13.5. The first-order valence-corrected chi connectivity index (χ1v) is 20.8. The van der Waals surface area contributed by atoms with Crippen LogP contribution in [0.15, 0.2) is 11.6 Å². The van der Waals surface area contributed by atoms with Crippen molar-refractivity contribution < 1.29 is 19.4 Å². The SMILES string of the molecule is CC(C)[C@@H](C)[C@@]1(C)CC[C@]2(C)[C@H]3CC[C@@H]4C5(COC[C@]4(C)[C@@H](OC[C@](C)(C(C)C)N4CCCCC4)[C@H](n4nnc(N)n4)C5)C3=CC[C@@]2(C)[C@@H]1C(=O)O. The summed E-state index contributed by atoms with van der Waals surface area (Å²) >= 11 is 0. The molecule has 0 radical (unpaired) electrons. The average molecular weight is 723 g/mol. The van der Waals surface area contributed by atoms with Gasteiger partial charge in [0.1, 0.15) is 6.04 Å². The highest BCUT2D eigenvalue weighted by Crippen LogP contribution is 2.75. The van der Waals surface area contributed by atoms with Gasteiger partial charge in [-0.1, -0.05) is 85.5 Å². The third kappa shape index (κ3) is 5.32. The first-order chi connectivity index (χ1) is 24.4. The zero-order valence-electron chi connectivity index (χ0n) is 34.1. The lowest BCUT2D eigenvalue weighted by atomic mass is 9.34. The first-order valence-electron chi connectivity index (χ1n) is 20.8. The predicted molar refractivity (Wildman–Crippen MR) is 203 cm³/mol. The van der Waals surface area contributed by atoms with E-state index in [0.717, 1.165) is 51.6 Å². The monoisotopic (exact) mass is 723 g/mol. The van der Waals surface area contributed by atoms with Crippen molar-refractivity contribution in [3.8, 4) is 0 Å². The first kappa shape index (κ1) is 38.2. The minimum absolute atomic E-state index is 0.0912. The lowest BCUT2D eigenvalue weighted by Crippen LogP contribution is -2.69. The Bertz CT molecular complexity index is 1540. The second-order valence-electron chi connectivity index (χ2n) is 20.4. The summed E-state index contributed by atoms with van der Waals surface area (Å²) < 4.78 is 14.2. The maximum Gasteiger partial charge on any atom is 0.307 e. The number of tetrazole rings is 1. The predicted octanol–water partition coefficient (Wildman–Crippen LogP) is 7.67. The Kier molecular flexibility index (Phi) is 9.58. The molecule has 0 amide bonds. The molecule has 3 saturated carbocycles. The van der Waals surface area contributed by atoms with Gasteiger partial charge >= 0.3 is 5.97 Å². The van der Waals surface area contributed by atoms with Crippen LogP contribution in [0, 0.1) is 62.6 Å². The molecule has 1 aromatic rings. The number of fused-ring (bicyclic) bond motifs is 3. The van der Waals surface area contributed by atoms with Crippen molar-refractivity contribution in [3.63, 3.8) is 0 Å². The number of piperidine rings is 1. The molecule has 3 heterocycles. The van der Waals surface area contributed by atoms with Gasteiger partial charge in [-0.25, -0.2) is 0 Å². The molecule has 5 fully saturated rings. The fourth-order valence-corrected chi connectivity index (χ4v) is 13.8. The Morgan fingerprint density at radius 2 is 1.77 bits per heavy atom. The molecule has 2 aliphatic heterocycles. The summed E-state index contributed by atoms with van der Waals surface area (Å²) in [6, 6.07) is -0.151. The Balaban J connectivity index is 1.29. The van der Waals surface area contributed by atoms with E-state index in [1.165, 1.54) is 24.8 Å². The van der Waals surface area contributed by atoms with Crippen molar-refractivity contribution >= 4 is 11.9 Å². The van der Waals surface area contributed by atoms with Gasteiger partial charge in [-0.2, -0.15) is 4.80 Å². The van der Waals surface area contributed by atoms with Crippen LogP contribution >= 0.6 is 0 Å². The van der Waals surface area contributed by atoms with E-state index in [1.54, 1.807) is 4.80 Å². The molecule has 3 N–H and O–H groups in total. The van der Waals surface area contributed by atoms with Crippen LogP contribution in [0.4, 0.5) is 5.95 Å². The highest BCUT2D eigenvalue weighted by molar-refractivity contribution is 5.73. The van der Waals surface area contributed by atoms with Crippen LogP contribution < -0.4 is 5.73 Å². The van der Waals surface area contributed by atoms with Crippen molar-refractivity contribution in [2.24, 2.45) is 62.6 Å². The summed E-state index contributed by atoms with van der Waals surface area (Å²) in [7, 11) is 0. The standard InChI is InChI=1S/C42H70N6O4/c1-26(2)28(5)37(6)18-19-39(8)29-14-15-32-38(7)23-51-25-42(32,30(29)16-17-40(39,9)33(37)35(49)50)22-31(48-45-36(43)44-46-48)34(38)52-24-41(10,27(3)4)47-20-12-11-13-21-47/h16,26-29,31-34H,11-15,17-25H2,1-10H3,(H2,43,45)(H,49,50)/t28-,29+,31-,32+,33-,34+,37-,38+,39-,40+,41-,42?/m1/s1. The summed E-state index contributed by atoms with van der Waals surface area (Å²) in [5.41, 5.74) is 6.32. The zero-order chi connectivity index (χ0) is 37.6. The van der Waals surface area contributed by atoms with E-state index < -0.39 is 11.9 Å². The summed E-state index contributed by atoms with van der Waals surface area (Å²) in [6.45, 7) is 27.5. The summed E-state index contributed by atoms with van der Waals surface area (Å²) in [4.78, 5) is 18.0. The van der Waals surface area contributed by atoms with Crippen molar-refractivity contribution in [1.82, 2.24) is 25.1 Å². The number of nitrogens with zero attached hydrogens (tertiary/aromatic N) is 5. The number of carbonyl (C=O) groups is 1. The number of allylic oxidation sites excluding steroid dienone is 1. The van der Waals surface area contributed by atoms with E-state index in [9.17, 15) is 9.90 Å². The van der Waals surface area contributed by atoms with Crippen molar-refractivity contribution in [1.29, 1.82) is 0 Å². The van der Waals surface area contributed by atoms with Crippen LogP contribution in [0.2, 0.25) is 0 Å². The molecule has 2 saturated heterocycles. The number of carboxylic acid groups (broad SMARTS) is 1. The Hall–Kier alpha value is -2.04. The number of aliphatic carboxylic acids is 1. The van der Waals surface area contributed by atoms with Gasteiger partial charge in [0, 0.05) is 16.4 Å². The lowest BCUT2D eigenvalue weighted by molar-refractivity contribution is -0.256. The Labute approximate surface area is 313 Å². The second kappa shape index (κ2) is 13.0. The molecule has 2 bridgehead atoms. The van der Waals surface area contributed by atoms with E-state index in [-0.39, 0.29) is 50.7 Å². The van der Waals surface area contributed by atoms with Crippen LogP contribution in [0.3, 0.4) is 0 Å². The number of ether oxygens (including phenoxy) is 2. The molecule has 1 unspecified atom stereocenters. The molecule has 52 heavy (non-hydrogen) atoms. The van der Waals surface area contributed by atoms with Crippen LogP contribution in [-0.4, -0.2) is 80.7 Å². The number of nitrogens with two attached hydrogens (primary N) is 1. The number of hydrogen-bond donors (Lipinski definition) is 2. The Morgan fingerprint density at radius 1 is 1.06 bits per heavy atom. The van der Waals surface area contributed by atoms with Gasteiger partial charge in [-0.15, -0.1) is 5.10 Å². The van der Waals surface area contributed by atoms with Gasteiger partial charge < -0.3 is 20.3 Å². The number of hydrogen-bond acceptors (Lipinski definition) is 8. The van der Waals surface area contributed by atoms with Gasteiger partial charge in [-0.05, 0) is 122 Å². The fraction of sp³-hybridized carbons (Fsp3) is 0.905. The van der Waals surface area contributed by atoms with Gasteiger partial charge in [0.15, 0.2) is 0 Å². The second-order valence-corrected chi connectivity index (χ2v) is 20.4. The summed E-state index contributed by atoms with van der Waals surface area (Å²) in [5, 5.41) is 24.5. The number of aromatic nitrogens is 4. The van der Waals surface area contributed by atoms with E-state index in [4.69, 9.17) is 15.2 Å². The van der Waals surface area contributed by atoms with Crippen molar-refractivity contribution in [2.45, 2.75) is 145 Å². The third-order valence-electron chi connectivity index (χ3n) is 17.7. The average Bonchev–Trinajstić information content (AvgIpc) is 3.53.